The second-order valence-corrected chi connectivity index (χ2v) is 9.72. The van der Waals surface area contributed by atoms with Gasteiger partial charge in [0.05, 0.1) is 20.8 Å². The van der Waals surface area contributed by atoms with Crippen LogP contribution in [-0.2, 0) is 16.0 Å². The molecular formula is C25H38N2O7. The Balaban J connectivity index is 1.68. The number of aliphatic carboxylic acids is 1. The quantitative estimate of drug-likeness (QED) is 0.470. The Hall–Kier alpha value is -2.52. The van der Waals surface area contributed by atoms with Crippen LogP contribution in [0.2, 0.25) is 0 Å². The molecule has 190 valence electrons. The van der Waals surface area contributed by atoms with E-state index in [2.05, 4.69) is 36.2 Å². The zero-order valence-corrected chi connectivity index (χ0v) is 20.6. The van der Waals surface area contributed by atoms with Gasteiger partial charge in [0.15, 0.2) is 17.6 Å². The molecule has 0 radical (unpaired) electrons. The van der Waals surface area contributed by atoms with Crippen LogP contribution in [0.1, 0.15) is 50.3 Å². The van der Waals surface area contributed by atoms with Crippen LogP contribution in [0.25, 0.3) is 0 Å². The first kappa shape index (κ1) is 26.1. The molecule has 3 rings (SSSR count). The number of rotatable bonds is 10. The van der Waals surface area contributed by atoms with Crippen LogP contribution in [0.4, 0.5) is 4.79 Å². The average molecular weight is 479 g/mol. The second kappa shape index (κ2) is 11.8. The third kappa shape index (κ3) is 6.33. The number of carbonyl (C=O) groups is 2. The maximum absolute atomic E-state index is 12.2. The molecule has 3 N–H and O–H groups in total. The van der Waals surface area contributed by atoms with E-state index in [1.54, 1.807) is 14.2 Å². The Morgan fingerprint density at radius 1 is 1.18 bits per heavy atom. The summed E-state index contributed by atoms with van der Waals surface area (Å²) in [5.41, 5.74) is 2.53. The molecule has 0 spiro atoms. The number of aliphatic hydroxyl groups excluding tert-OH is 1. The van der Waals surface area contributed by atoms with E-state index in [4.69, 9.17) is 19.3 Å². The number of aliphatic hydroxyl groups is 1. The zero-order chi connectivity index (χ0) is 24.8. The molecule has 0 bridgehead atoms. The highest BCUT2D eigenvalue weighted by atomic mass is 16.5. The molecule has 1 saturated heterocycles. The minimum atomic E-state index is -1.50. The summed E-state index contributed by atoms with van der Waals surface area (Å²) >= 11 is 0. The average Bonchev–Trinajstić information content (AvgIpc) is 2.81. The summed E-state index contributed by atoms with van der Waals surface area (Å²) in [7, 11) is 3.30. The smallest absolute Gasteiger partial charge is 0.407 e. The summed E-state index contributed by atoms with van der Waals surface area (Å²) in [6.45, 7) is 6.72. The first-order valence-corrected chi connectivity index (χ1v) is 12.0. The predicted octanol–water partition coefficient (Wildman–Crippen LogP) is 2.85. The third-order valence-electron chi connectivity index (χ3n) is 6.95. The van der Waals surface area contributed by atoms with Gasteiger partial charge in [-0.1, -0.05) is 13.8 Å². The van der Waals surface area contributed by atoms with E-state index in [1.807, 2.05) is 0 Å². The van der Waals surface area contributed by atoms with Crippen molar-refractivity contribution < 1.29 is 34.0 Å². The first-order chi connectivity index (χ1) is 16.2. The third-order valence-corrected chi connectivity index (χ3v) is 6.95. The zero-order valence-electron chi connectivity index (χ0n) is 20.6. The molecule has 2 aliphatic heterocycles. The van der Waals surface area contributed by atoms with Gasteiger partial charge in [-0.25, -0.2) is 9.59 Å². The lowest BCUT2D eigenvalue weighted by Gasteiger charge is -2.47. The van der Waals surface area contributed by atoms with Gasteiger partial charge in [0.1, 0.15) is 0 Å². The second-order valence-electron chi connectivity index (χ2n) is 9.72. The number of benzene rings is 1. The molecule has 1 aromatic rings. The van der Waals surface area contributed by atoms with Crippen molar-refractivity contribution in [2.75, 3.05) is 40.5 Å². The maximum atomic E-state index is 12.2. The van der Waals surface area contributed by atoms with Gasteiger partial charge < -0.3 is 29.7 Å². The Labute approximate surface area is 201 Å². The van der Waals surface area contributed by atoms with Gasteiger partial charge in [-0.3, -0.25) is 4.90 Å². The number of fused-ring (bicyclic) bond motifs is 3. The van der Waals surface area contributed by atoms with E-state index in [1.165, 1.54) is 11.1 Å². The SMILES string of the molecule is COc1cc2c(cc1OC)[C@H]1C[C@@H](COC(=O)NCCC(O)C(=O)O)[C@H](CC(C)C)CN1CC2. The maximum Gasteiger partial charge on any atom is 0.407 e. The molecule has 1 fully saturated rings. The van der Waals surface area contributed by atoms with Crippen LogP contribution in [0.15, 0.2) is 12.1 Å². The van der Waals surface area contributed by atoms with Gasteiger partial charge in [0.2, 0.25) is 0 Å². The van der Waals surface area contributed by atoms with Crippen molar-refractivity contribution in [2.24, 2.45) is 17.8 Å². The number of nitrogens with one attached hydrogen (secondary N) is 1. The van der Waals surface area contributed by atoms with E-state index in [0.717, 1.165) is 43.9 Å². The fourth-order valence-electron chi connectivity index (χ4n) is 5.25. The van der Waals surface area contributed by atoms with Crippen LogP contribution in [0.5, 0.6) is 11.5 Å². The number of carboxylic acids is 1. The fraction of sp³-hybridized carbons (Fsp3) is 0.680. The van der Waals surface area contributed by atoms with Gasteiger partial charge in [-0.15, -0.1) is 0 Å². The van der Waals surface area contributed by atoms with Crippen molar-refractivity contribution in [1.29, 1.82) is 0 Å². The highest BCUT2D eigenvalue weighted by Gasteiger charge is 2.40. The highest BCUT2D eigenvalue weighted by molar-refractivity contribution is 5.72. The summed E-state index contributed by atoms with van der Waals surface area (Å²) in [6, 6.07) is 4.40. The van der Waals surface area contributed by atoms with Gasteiger partial charge in [0, 0.05) is 32.1 Å². The number of piperidine rings is 1. The van der Waals surface area contributed by atoms with Gasteiger partial charge in [-0.05, 0) is 60.3 Å². The summed E-state index contributed by atoms with van der Waals surface area (Å²) in [5.74, 6) is 1.32. The number of amides is 1. The van der Waals surface area contributed by atoms with E-state index >= 15 is 0 Å². The lowest BCUT2D eigenvalue weighted by molar-refractivity contribution is -0.146. The van der Waals surface area contributed by atoms with E-state index in [0.29, 0.717) is 18.4 Å². The molecule has 9 nitrogen and oxygen atoms in total. The van der Waals surface area contributed by atoms with Crippen molar-refractivity contribution in [3.63, 3.8) is 0 Å². The number of carboxylic acid groups (broad SMARTS) is 1. The normalized spacial score (nSPS) is 22.9. The molecule has 34 heavy (non-hydrogen) atoms. The number of alkyl carbamates (subject to hydrolysis) is 1. The molecule has 2 heterocycles. The minimum absolute atomic E-state index is 0.0395. The van der Waals surface area contributed by atoms with Gasteiger partial charge in [-0.2, -0.15) is 0 Å². The van der Waals surface area contributed by atoms with E-state index in [-0.39, 0.29) is 24.9 Å². The number of ether oxygens (including phenoxy) is 3. The van der Waals surface area contributed by atoms with Crippen molar-refractivity contribution in [3.8, 4) is 11.5 Å². The number of hydrogen-bond donors (Lipinski definition) is 3. The number of hydrogen-bond acceptors (Lipinski definition) is 7. The highest BCUT2D eigenvalue weighted by Crippen LogP contribution is 2.45. The standard InChI is InChI=1S/C25H38N2O7/c1-15(2)9-17-13-27-8-6-16-11-22(32-3)23(33-4)12-19(16)20(27)10-18(17)14-34-25(31)26-7-5-21(28)24(29)30/h11-12,15,17-18,20-21,28H,5-10,13-14H2,1-4H3,(H,26,31)(H,29,30)/t17-,18+,20-,21?/m1/s1. The molecule has 0 aromatic heterocycles. The van der Waals surface area contributed by atoms with Crippen molar-refractivity contribution in [1.82, 2.24) is 10.2 Å². The molecule has 4 atom stereocenters. The molecule has 0 saturated carbocycles. The van der Waals surface area contributed by atoms with Crippen LogP contribution in [0.3, 0.4) is 0 Å². The molecular weight excluding hydrogens is 440 g/mol. The van der Waals surface area contributed by atoms with Crippen LogP contribution in [-0.4, -0.2) is 73.7 Å². The largest absolute Gasteiger partial charge is 0.493 e. The number of nitrogens with zero attached hydrogens (tertiary/aromatic N) is 1. The van der Waals surface area contributed by atoms with Crippen molar-refractivity contribution in [2.45, 2.75) is 51.7 Å². The summed E-state index contributed by atoms with van der Waals surface area (Å²) in [6.07, 6.45) is 0.753. The molecule has 1 amide bonds. The summed E-state index contributed by atoms with van der Waals surface area (Å²) < 4.78 is 16.6. The molecule has 2 aliphatic rings. The molecule has 9 heteroatoms. The molecule has 0 aliphatic carbocycles. The Morgan fingerprint density at radius 2 is 1.88 bits per heavy atom. The Kier molecular flexibility index (Phi) is 9.02. The first-order valence-electron chi connectivity index (χ1n) is 12.0. The van der Waals surface area contributed by atoms with Gasteiger partial charge in [0.25, 0.3) is 0 Å². The van der Waals surface area contributed by atoms with Crippen LogP contribution < -0.4 is 14.8 Å². The molecule has 1 unspecified atom stereocenters. The fourth-order valence-corrected chi connectivity index (χ4v) is 5.25. The number of methoxy groups -OCH3 is 2. The molecule has 1 aromatic carbocycles. The van der Waals surface area contributed by atoms with Gasteiger partial charge >= 0.3 is 12.1 Å². The van der Waals surface area contributed by atoms with Crippen LogP contribution in [0, 0.1) is 17.8 Å². The van der Waals surface area contributed by atoms with E-state index in [9.17, 15) is 14.7 Å². The summed E-state index contributed by atoms with van der Waals surface area (Å²) in [5, 5.41) is 20.6. The topological polar surface area (TPSA) is 118 Å². The summed E-state index contributed by atoms with van der Waals surface area (Å²) in [4.78, 5) is 25.4. The lowest BCUT2D eigenvalue weighted by atomic mass is 9.74. The minimum Gasteiger partial charge on any atom is -0.493 e. The van der Waals surface area contributed by atoms with Crippen molar-refractivity contribution in [3.05, 3.63) is 23.3 Å². The number of carbonyl (C=O) groups excluding carboxylic acids is 1. The van der Waals surface area contributed by atoms with Crippen molar-refractivity contribution >= 4 is 12.1 Å². The lowest BCUT2D eigenvalue weighted by Crippen LogP contribution is -2.47. The van der Waals surface area contributed by atoms with E-state index < -0.39 is 18.2 Å². The predicted molar refractivity (Wildman–Crippen MR) is 126 cm³/mol. The Bertz CT molecular complexity index is 860. The van der Waals surface area contributed by atoms with Crippen LogP contribution >= 0.6 is 0 Å². The Morgan fingerprint density at radius 3 is 2.53 bits per heavy atom. The monoisotopic (exact) mass is 478 g/mol.